The lowest BCUT2D eigenvalue weighted by atomic mass is 10.1. The number of Topliss-reactive ketones (excluding diaryl/α,β-unsaturated/α-hetero) is 1. The molecule has 13 heavy (non-hydrogen) atoms. The van der Waals surface area contributed by atoms with Crippen molar-refractivity contribution in [1.29, 1.82) is 5.26 Å². The maximum Gasteiger partial charge on any atom is 0.167 e. The van der Waals surface area contributed by atoms with Crippen LogP contribution in [0.2, 0.25) is 0 Å². The van der Waals surface area contributed by atoms with Gasteiger partial charge in [0.05, 0.1) is 12.0 Å². The van der Waals surface area contributed by atoms with Gasteiger partial charge in [0.15, 0.2) is 5.78 Å². The molecule has 0 unspecified atom stereocenters. The summed E-state index contributed by atoms with van der Waals surface area (Å²) in [5, 5.41) is 8.57. The fraction of sp³-hybridized carbons (Fsp3) is 0.273. The van der Waals surface area contributed by atoms with Gasteiger partial charge in [0.25, 0.3) is 0 Å². The lowest BCUT2D eigenvalue weighted by molar-refractivity contribution is 0.0964. The summed E-state index contributed by atoms with van der Waals surface area (Å²) in [7, 11) is 0. The van der Waals surface area contributed by atoms with Crippen LogP contribution in [0.5, 0.6) is 0 Å². The summed E-state index contributed by atoms with van der Waals surface area (Å²) in [5.74, 6) is 0.0484. The molecule has 1 aliphatic rings. The molecule has 2 rings (SSSR count). The van der Waals surface area contributed by atoms with Crippen molar-refractivity contribution in [3.05, 3.63) is 35.9 Å². The molecule has 1 aliphatic carbocycles. The number of hydrogen-bond acceptors (Lipinski definition) is 2. The van der Waals surface area contributed by atoms with Gasteiger partial charge < -0.3 is 0 Å². The van der Waals surface area contributed by atoms with Crippen LogP contribution in [0.15, 0.2) is 30.3 Å². The summed E-state index contributed by atoms with van der Waals surface area (Å²) < 4.78 is 0. The number of nitrogens with zero attached hydrogens (tertiary/aromatic N) is 1. The van der Waals surface area contributed by atoms with Crippen LogP contribution in [0.4, 0.5) is 0 Å². The SMILES string of the molecule is N#C[C@@H]1C[C@H]1C(=O)c1ccccc1. The summed E-state index contributed by atoms with van der Waals surface area (Å²) in [6.45, 7) is 0. The molecule has 0 saturated heterocycles. The molecule has 1 aromatic carbocycles. The van der Waals surface area contributed by atoms with Crippen LogP contribution < -0.4 is 0 Å². The van der Waals surface area contributed by atoms with E-state index in [4.69, 9.17) is 5.26 Å². The molecule has 0 aliphatic heterocycles. The minimum atomic E-state index is -0.0348. The molecule has 0 heterocycles. The quantitative estimate of drug-likeness (QED) is 0.639. The largest absolute Gasteiger partial charge is 0.294 e. The van der Waals surface area contributed by atoms with Crippen LogP contribution in [0, 0.1) is 23.2 Å². The Bertz CT molecular complexity index is 363. The summed E-state index contributed by atoms with van der Waals surface area (Å²) in [6.07, 6.45) is 0.740. The second kappa shape index (κ2) is 3.02. The van der Waals surface area contributed by atoms with Crippen molar-refractivity contribution in [3.63, 3.8) is 0 Å². The van der Waals surface area contributed by atoms with Crippen LogP contribution in [0.3, 0.4) is 0 Å². The van der Waals surface area contributed by atoms with Crippen molar-refractivity contribution in [1.82, 2.24) is 0 Å². The van der Waals surface area contributed by atoms with Gasteiger partial charge in [0, 0.05) is 11.5 Å². The first kappa shape index (κ1) is 8.00. The summed E-state index contributed by atoms with van der Waals surface area (Å²) in [6, 6.07) is 11.3. The van der Waals surface area contributed by atoms with Gasteiger partial charge in [-0.2, -0.15) is 5.26 Å². The molecule has 0 aromatic heterocycles. The Morgan fingerprint density at radius 1 is 1.38 bits per heavy atom. The predicted octanol–water partition coefficient (Wildman–Crippen LogP) is 2.03. The maximum absolute atomic E-state index is 11.6. The molecule has 1 aromatic rings. The number of carbonyl (C=O) groups is 1. The molecule has 0 bridgehead atoms. The molecule has 2 nitrogen and oxygen atoms in total. The number of hydrogen-bond donors (Lipinski definition) is 0. The van der Waals surface area contributed by atoms with Crippen molar-refractivity contribution < 1.29 is 4.79 Å². The third-order valence-electron chi connectivity index (χ3n) is 2.35. The lowest BCUT2D eigenvalue weighted by Gasteiger charge is -1.96. The van der Waals surface area contributed by atoms with E-state index in [0.717, 1.165) is 12.0 Å². The van der Waals surface area contributed by atoms with E-state index in [-0.39, 0.29) is 17.6 Å². The van der Waals surface area contributed by atoms with Crippen LogP contribution in [-0.2, 0) is 0 Å². The number of nitriles is 1. The highest BCUT2D eigenvalue weighted by atomic mass is 16.1. The van der Waals surface area contributed by atoms with Crippen molar-refractivity contribution in [2.45, 2.75) is 6.42 Å². The Morgan fingerprint density at radius 3 is 2.62 bits per heavy atom. The second-order valence-corrected chi connectivity index (χ2v) is 3.31. The lowest BCUT2D eigenvalue weighted by Crippen LogP contribution is -2.02. The van der Waals surface area contributed by atoms with Gasteiger partial charge in [-0.25, -0.2) is 0 Å². The highest BCUT2D eigenvalue weighted by Gasteiger charge is 2.43. The van der Waals surface area contributed by atoms with E-state index in [9.17, 15) is 4.79 Å². The fourth-order valence-corrected chi connectivity index (χ4v) is 1.44. The molecule has 0 spiro atoms. The van der Waals surface area contributed by atoms with Gasteiger partial charge in [-0.05, 0) is 6.42 Å². The van der Waals surface area contributed by atoms with Crippen LogP contribution in [0.1, 0.15) is 16.8 Å². The molecule has 0 radical (unpaired) electrons. The smallest absolute Gasteiger partial charge is 0.167 e. The first-order valence-electron chi connectivity index (χ1n) is 4.32. The summed E-state index contributed by atoms with van der Waals surface area (Å²) in [5.41, 5.74) is 0.727. The molecule has 64 valence electrons. The topological polar surface area (TPSA) is 40.9 Å². The minimum Gasteiger partial charge on any atom is -0.294 e. The van der Waals surface area contributed by atoms with Crippen LogP contribution >= 0.6 is 0 Å². The van der Waals surface area contributed by atoms with E-state index in [1.54, 1.807) is 12.1 Å². The Hall–Kier alpha value is -1.62. The van der Waals surface area contributed by atoms with Gasteiger partial charge in [-0.1, -0.05) is 30.3 Å². The molecule has 0 N–H and O–H groups in total. The van der Waals surface area contributed by atoms with E-state index >= 15 is 0 Å². The number of benzene rings is 1. The van der Waals surface area contributed by atoms with Crippen molar-refractivity contribution in [3.8, 4) is 6.07 Å². The molecule has 1 saturated carbocycles. The second-order valence-electron chi connectivity index (χ2n) is 3.31. The zero-order valence-corrected chi connectivity index (χ0v) is 7.10. The van der Waals surface area contributed by atoms with Crippen molar-refractivity contribution in [2.75, 3.05) is 0 Å². The predicted molar refractivity (Wildman–Crippen MR) is 48.0 cm³/mol. The van der Waals surface area contributed by atoms with E-state index in [0.29, 0.717) is 0 Å². The first-order chi connectivity index (χ1) is 6.33. The molecule has 0 amide bonds. The Balaban J connectivity index is 2.13. The maximum atomic E-state index is 11.6. The highest BCUT2D eigenvalue weighted by Crippen LogP contribution is 2.40. The number of rotatable bonds is 2. The van der Waals surface area contributed by atoms with Gasteiger partial charge in [0.2, 0.25) is 0 Å². The highest BCUT2D eigenvalue weighted by molar-refractivity contribution is 5.99. The molecule has 1 fully saturated rings. The summed E-state index contributed by atoms with van der Waals surface area (Å²) in [4.78, 5) is 11.6. The Morgan fingerprint density at radius 2 is 2.08 bits per heavy atom. The molecular formula is C11H9NO. The van der Waals surface area contributed by atoms with E-state index in [1.165, 1.54) is 0 Å². The van der Waals surface area contributed by atoms with Gasteiger partial charge in [0.1, 0.15) is 0 Å². The summed E-state index contributed by atoms with van der Waals surface area (Å²) >= 11 is 0. The van der Waals surface area contributed by atoms with Gasteiger partial charge in [-0.3, -0.25) is 4.79 Å². The Labute approximate surface area is 76.8 Å². The third-order valence-corrected chi connectivity index (χ3v) is 2.35. The van der Waals surface area contributed by atoms with E-state index < -0.39 is 0 Å². The standard InChI is InChI=1S/C11H9NO/c12-7-9-6-10(9)11(13)8-4-2-1-3-5-8/h1-5,9-10H,6H2/t9-,10+/m0/s1. The molecule has 2 atom stereocenters. The normalized spacial score (nSPS) is 24.8. The Kier molecular flexibility index (Phi) is 1.86. The first-order valence-corrected chi connectivity index (χ1v) is 4.32. The van der Waals surface area contributed by atoms with Crippen LogP contribution in [-0.4, -0.2) is 5.78 Å². The minimum absolute atomic E-state index is 0.0345. The van der Waals surface area contributed by atoms with E-state index in [1.807, 2.05) is 18.2 Å². The zero-order chi connectivity index (χ0) is 9.26. The van der Waals surface area contributed by atoms with Crippen LogP contribution in [0.25, 0.3) is 0 Å². The molecular weight excluding hydrogens is 162 g/mol. The molecule has 2 heteroatoms. The van der Waals surface area contributed by atoms with Crippen molar-refractivity contribution in [2.24, 2.45) is 11.8 Å². The average molecular weight is 171 g/mol. The third kappa shape index (κ3) is 1.46. The van der Waals surface area contributed by atoms with Gasteiger partial charge >= 0.3 is 0 Å². The van der Waals surface area contributed by atoms with Gasteiger partial charge in [-0.15, -0.1) is 0 Å². The van der Waals surface area contributed by atoms with E-state index in [2.05, 4.69) is 6.07 Å². The zero-order valence-electron chi connectivity index (χ0n) is 7.10. The monoisotopic (exact) mass is 171 g/mol. The number of carbonyl (C=O) groups excluding carboxylic acids is 1. The fourth-order valence-electron chi connectivity index (χ4n) is 1.44. The average Bonchev–Trinajstić information content (AvgIpc) is 2.97. The van der Waals surface area contributed by atoms with Crippen molar-refractivity contribution >= 4 is 5.78 Å². The number of ketones is 1.